The van der Waals surface area contributed by atoms with E-state index in [9.17, 15) is 9.59 Å². The Kier molecular flexibility index (Phi) is 6.95. The van der Waals surface area contributed by atoms with Crippen molar-refractivity contribution in [3.63, 3.8) is 0 Å². The molecule has 1 aromatic carbocycles. The number of hydrogen-bond donors (Lipinski definition) is 3. The van der Waals surface area contributed by atoms with Gasteiger partial charge < -0.3 is 16.0 Å². The third kappa shape index (κ3) is 6.63. The minimum absolute atomic E-state index is 0.0946. The first-order chi connectivity index (χ1) is 12.0. The largest absolute Gasteiger partial charge is 0.352 e. The summed E-state index contributed by atoms with van der Waals surface area (Å²) in [6.45, 7) is 4.76. The molecule has 132 valence electrons. The number of carbonyl (C=O) groups is 2. The van der Waals surface area contributed by atoms with Gasteiger partial charge in [-0.1, -0.05) is 18.2 Å². The molecule has 0 saturated heterocycles. The number of aromatic nitrogens is 1. The van der Waals surface area contributed by atoms with Crippen LogP contribution in [0.25, 0.3) is 0 Å². The Morgan fingerprint density at radius 2 is 1.80 bits per heavy atom. The number of amides is 3. The van der Waals surface area contributed by atoms with E-state index >= 15 is 0 Å². The third-order valence-corrected chi connectivity index (χ3v) is 3.48. The first-order valence-corrected chi connectivity index (χ1v) is 8.36. The number of nitrogens with one attached hydrogen (secondary N) is 3. The molecule has 1 heterocycles. The summed E-state index contributed by atoms with van der Waals surface area (Å²) >= 11 is 0. The van der Waals surface area contributed by atoms with Crippen LogP contribution in [0.4, 0.5) is 4.79 Å². The molecule has 3 N–H and O–H groups in total. The zero-order chi connectivity index (χ0) is 18.1. The van der Waals surface area contributed by atoms with Crippen molar-refractivity contribution in [1.29, 1.82) is 0 Å². The predicted octanol–water partition coefficient (Wildman–Crippen LogP) is 2.26. The van der Waals surface area contributed by atoms with Crippen LogP contribution in [0.1, 0.15) is 35.5 Å². The first-order valence-electron chi connectivity index (χ1n) is 8.36. The van der Waals surface area contributed by atoms with Gasteiger partial charge in [0, 0.05) is 43.0 Å². The Morgan fingerprint density at radius 3 is 2.44 bits per heavy atom. The fraction of sp³-hybridized carbons (Fsp3) is 0.316. The lowest BCUT2D eigenvalue weighted by molar-refractivity contribution is 0.0954. The van der Waals surface area contributed by atoms with E-state index in [1.807, 2.05) is 44.2 Å². The number of benzene rings is 1. The van der Waals surface area contributed by atoms with Crippen LogP contribution >= 0.6 is 0 Å². The van der Waals surface area contributed by atoms with Crippen molar-refractivity contribution in [2.24, 2.45) is 0 Å². The molecule has 0 unspecified atom stereocenters. The topological polar surface area (TPSA) is 83.1 Å². The van der Waals surface area contributed by atoms with E-state index in [1.165, 1.54) is 0 Å². The number of hydrogen-bond acceptors (Lipinski definition) is 3. The van der Waals surface area contributed by atoms with Crippen LogP contribution < -0.4 is 16.0 Å². The molecular formula is C19H24N4O2. The smallest absolute Gasteiger partial charge is 0.315 e. The van der Waals surface area contributed by atoms with Crippen LogP contribution in [0.15, 0.2) is 48.7 Å². The average molecular weight is 340 g/mol. The summed E-state index contributed by atoms with van der Waals surface area (Å²) in [6, 6.07) is 12.8. The standard InChI is InChI=1S/C19H24N4O2/c1-14(2)23-19(25)22-13-15-6-8-16(9-7-15)18(24)21-12-10-17-5-3-4-11-20-17/h3-9,11,14H,10,12-13H2,1-2H3,(H,21,24)(H2,22,23,25). The van der Waals surface area contributed by atoms with Gasteiger partial charge in [0.2, 0.25) is 0 Å². The van der Waals surface area contributed by atoms with Crippen LogP contribution in [0.2, 0.25) is 0 Å². The quantitative estimate of drug-likeness (QED) is 0.723. The maximum Gasteiger partial charge on any atom is 0.315 e. The second kappa shape index (κ2) is 9.42. The lowest BCUT2D eigenvalue weighted by Gasteiger charge is -2.10. The van der Waals surface area contributed by atoms with Crippen molar-refractivity contribution in [3.05, 3.63) is 65.5 Å². The Morgan fingerprint density at radius 1 is 1.04 bits per heavy atom. The van der Waals surface area contributed by atoms with Gasteiger partial charge in [0.15, 0.2) is 0 Å². The molecular weight excluding hydrogens is 316 g/mol. The molecule has 0 radical (unpaired) electrons. The Hall–Kier alpha value is -2.89. The van der Waals surface area contributed by atoms with E-state index in [4.69, 9.17) is 0 Å². The van der Waals surface area contributed by atoms with E-state index in [-0.39, 0.29) is 18.0 Å². The van der Waals surface area contributed by atoms with Gasteiger partial charge in [-0.3, -0.25) is 9.78 Å². The zero-order valence-electron chi connectivity index (χ0n) is 14.6. The van der Waals surface area contributed by atoms with Gasteiger partial charge in [-0.05, 0) is 43.7 Å². The number of rotatable bonds is 7. The van der Waals surface area contributed by atoms with Gasteiger partial charge in [0.1, 0.15) is 0 Å². The van der Waals surface area contributed by atoms with Crippen LogP contribution in [-0.2, 0) is 13.0 Å². The molecule has 3 amide bonds. The summed E-state index contributed by atoms with van der Waals surface area (Å²) in [5, 5.41) is 8.41. The molecule has 0 spiro atoms. The van der Waals surface area contributed by atoms with Gasteiger partial charge in [-0.15, -0.1) is 0 Å². The fourth-order valence-electron chi connectivity index (χ4n) is 2.22. The van der Waals surface area contributed by atoms with Crippen LogP contribution in [0, 0.1) is 0 Å². The number of nitrogens with zero attached hydrogens (tertiary/aromatic N) is 1. The summed E-state index contributed by atoms with van der Waals surface area (Å²) < 4.78 is 0. The monoisotopic (exact) mass is 340 g/mol. The lowest BCUT2D eigenvalue weighted by Crippen LogP contribution is -2.39. The summed E-state index contributed by atoms with van der Waals surface area (Å²) in [5.41, 5.74) is 2.48. The molecule has 0 bridgehead atoms. The van der Waals surface area contributed by atoms with E-state index < -0.39 is 0 Å². The van der Waals surface area contributed by atoms with E-state index in [0.717, 1.165) is 11.3 Å². The highest BCUT2D eigenvalue weighted by Crippen LogP contribution is 2.04. The van der Waals surface area contributed by atoms with E-state index in [1.54, 1.807) is 18.3 Å². The molecule has 6 nitrogen and oxygen atoms in total. The van der Waals surface area contributed by atoms with Crippen LogP contribution in [0.5, 0.6) is 0 Å². The highest BCUT2D eigenvalue weighted by atomic mass is 16.2. The third-order valence-electron chi connectivity index (χ3n) is 3.48. The molecule has 0 aliphatic rings. The summed E-state index contributed by atoms with van der Waals surface area (Å²) in [6.07, 6.45) is 2.44. The molecule has 2 rings (SSSR count). The first kappa shape index (κ1) is 18.4. The molecule has 0 aliphatic carbocycles. The van der Waals surface area contributed by atoms with Crippen molar-refractivity contribution < 1.29 is 9.59 Å². The van der Waals surface area contributed by atoms with Gasteiger partial charge >= 0.3 is 6.03 Å². The molecule has 0 saturated carbocycles. The van der Waals surface area contributed by atoms with Crippen molar-refractivity contribution in [2.45, 2.75) is 32.9 Å². The minimum atomic E-state index is -0.202. The van der Waals surface area contributed by atoms with E-state index in [2.05, 4.69) is 20.9 Å². The molecule has 0 atom stereocenters. The Balaban J connectivity index is 1.76. The predicted molar refractivity (Wildman–Crippen MR) is 97.2 cm³/mol. The van der Waals surface area contributed by atoms with Gasteiger partial charge in [-0.25, -0.2) is 4.79 Å². The van der Waals surface area contributed by atoms with E-state index in [0.29, 0.717) is 25.1 Å². The number of urea groups is 1. The highest BCUT2D eigenvalue weighted by molar-refractivity contribution is 5.94. The molecule has 1 aromatic heterocycles. The second-order valence-corrected chi connectivity index (χ2v) is 6.01. The van der Waals surface area contributed by atoms with Crippen LogP contribution in [-0.4, -0.2) is 29.5 Å². The lowest BCUT2D eigenvalue weighted by atomic mass is 10.1. The van der Waals surface area contributed by atoms with Crippen LogP contribution in [0.3, 0.4) is 0 Å². The summed E-state index contributed by atoms with van der Waals surface area (Å²) in [5.74, 6) is -0.118. The second-order valence-electron chi connectivity index (χ2n) is 6.01. The Labute approximate surface area is 148 Å². The highest BCUT2D eigenvalue weighted by Gasteiger charge is 2.06. The number of carbonyl (C=O) groups excluding carboxylic acids is 2. The van der Waals surface area contributed by atoms with Gasteiger partial charge in [0.25, 0.3) is 5.91 Å². The van der Waals surface area contributed by atoms with Crippen molar-refractivity contribution >= 4 is 11.9 Å². The maximum absolute atomic E-state index is 12.1. The molecule has 25 heavy (non-hydrogen) atoms. The van der Waals surface area contributed by atoms with Gasteiger partial charge in [-0.2, -0.15) is 0 Å². The van der Waals surface area contributed by atoms with Gasteiger partial charge in [0.05, 0.1) is 0 Å². The number of pyridine rings is 1. The molecule has 2 aromatic rings. The summed E-state index contributed by atoms with van der Waals surface area (Å²) in [7, 11) is 0. The summed E-state index contributed by atoms with van der Waals surface area (Å²) in [4.78, 5) is 27.9. The SMILES string of the molecule is CC(C)NC(=O)NCc1ccc(C(=O)NCCc2ccccn2)cc1. The maximum atomic E-state index is 12.1. The fourth-order valence-corrected chi connectivity index (χ4v) is 2.22. The molecule has 0 aliphatic heterocycles. The van der Waals surface area contributed by atoms with Crippen molar-refractivity contribution in [2.75, 3.05) is 6.54 Å². The van der Waals surface area contributed by atoms with Crippen molar-refractivity contribution in [3.8, 4) is 0 Å². The molecule has 6 heteroatoms. The zero-order valence-corrected chi connectivity index (χ0v) is 14.6. The molecule has 0 fully saturated rings. The van der Waals surface area contributed by atoms with Crippen molar-refractivity contribution in [1.82, 2.24) is 20.9 Å². The minimum Gasteiger partial charge on any atom is -0.352 e. The Bertz CT molecular complexity index is 684. The average Bonchev–Trinajstić information content (AvgIpc) is 2.60. The normalized spacial score (nSPS) is 10.4.